The zero-order chi connectivity index (χ0) is 11.4. The summed E-state index contributed by atoms with van der Waals surface area (Å²) in [7, 11) is 0. The number of halogens is 2. The zero-order valence-electron chi connectivity index (χ0n) is 8.36. The number of hydrogen-bond donors (Lipinski definition) is 0. The maximum Gasteiger partial charge on any atom is 0.0507 e. The predicted molar refractivity (Wildman–Crippen MR) is 73.0 cm³/mol. The summed E-state index contributed by atoms with van der Waals surface area (Å²) in [6.07, 6.45) is 1.81. The third-order valence-electron chi connectivity index (χ3n) is 1.97. The van der Waals surface area contributed by atoms with Crippen molar-refractivity contribution in [1.82, 2.24) is 4.98 Å². The highest BCUT2D eigenvalue weighted by atomic mass is 79.9. The highest BCUT2D eigenvalue weighted by Gasteiger charge is 1.98. The third-order valence-corrected chi connectivity index (χ3v) is 3.70. The SMILES string of the molecule is Clc1cccc(SCc2ccc(Br)cn2)c1. The highest BCUT2D eigenvalue weighted by molar-refractivity contribution is 9.10. The van der Waals surface area contributed by atoms with Gasteiger partial charge in [0.05, 0.1) is 5.69 Å². The number of aromatic nitrogens is 1. The van der Waals surface area contributed by atoms with Crippen molar-refractivity contribution < 1.29 is 0 Å². The fourth-order valence-electron chi connectivity index (χ4n) is 1.21. The molecule has 0 unspecified atom stereocenters. The average molecular weight is 315 g/mol. The molecule has 16 heavy (non-hydrogen) atoms. The Hall–Kier alpha value is -0.510. The molecule has 0 saturated heterocycles. The molecular formula is C12H9BrClNS. The molecule has 0 amide bonds. The lowest BCUT2D eigenvalue weighted by Crippen LogP contribution is -1.85. The van der Waals surface area contributed by atoms with E-state index < -0.39 is 0 Å². The van der Waals surface area contributed by atoms with Crippen molar-refractivity contribution in [3.8, 4) is 0 Å². The molecular weight excluding hydrogens is 306 g/mol. The molecule has 1 aromatic heterocycles. The number of hydrogen-bond acceptors (Lipinski definition) is 2. The lowest BCUT2D eigenvalue weighted by atomic mass is 10.4. The third kappa shape index (κ3) is 3.51. The summed E-state index contributed by atoms with van der Waals surface area (Å²) in [5.41, 5.74) is 1.06. The van der Waals surface area contributed by atoms with Gasteiger partial charge in [0, 0.05) is 26.3 Å². The summed E-state index contributed by atoms with van der Waals surface area (Å²) in [5.74, 6) is 0.855. The molecule has 0 aliphatic rings. The van der Waals surface area contributed by atoms with Crippen LogP contribution in [0.3, 0.4) is 0 Å². The number of nitrogens with zero attached hydrogens (tertiary/aromatic N) is 1. The highest BCUT2D eigenvalue weighted by Crippen LogP contribution is 2.24. The summed E-state index contributed by atoms with van der Waals surface area (Å²) >= 11 is 11.0. The van der Waals surface area contributed by atoms with E-state index in [2.05, 4.69) is 27.0 Å². The molecule has 0 radical (unpaired) electrons. The van der Waals surface area contributed by atoms with Crippen molar-refractivity contribution in [2.24, 2.45) is 0 Å². The molecule has 0 fully saturated rings. The van der Waals surface area contributed by atoms with Gasteiger partial charge >= 0.3 is 0 Å². The van der Waals surface area contributed by atoms with Crippen LogP contribution in [0.25, 0.3) is 0 Å². The van der Waals surface area contributed by atoms with Crippen molar-refractivity contribution >= 4 is 39.3 Å². The van der Waals surface area contributed by atoms with Gasteiger partial charge in [0.2, 0.25) is 0 Å². The van der Waals surface area contributed by atoms with Crippen LogP contribution in [-0.4, -0.2) is 4.98 Å². The maximum absolute atomic E-state index is 5.91. The van der Waals surface area contributed by atoms with Gasteiger partial charge in [-0.1, -0.05) is 17.7 Å². The number of benzene rings is 1. The first kappa shape index (κ1) is 12.0. The first-order valence-corrected chi connectivity index (χ1v) is 6.88. The largest absolute Gasteiger partial charge is 0.259 e. The summed E-state index contributed by atoms with van der Waals surface area (Å²) in [6.45, 7) is 0. The molecule has 2 rings (SSSR count). The molecule has 4 heteroatoms. The lowest BCUT2D eigenvalue weighted by molar-refractivity contribution is 1.16. The van der Waals surface area contributed by atoms with Crippen LogP contribution in [0.5, 0.6) is 0 Å². The minimum Gasteiger partial charge on any atom is -0.259 e. The molecule has 0 atom stereocenters. The molecule has 0 spiro atoms. The van der Waals surface area contributed by atoms with Crippen molar-refractivity contribution in [1.29, 1.82) is 0 Å². The topological polar surface area (TPSA) is 12.9 Å². The molecule has 1 heterocycles. The van der Waals surface area contributed by atoms with Gasteiger partial charge in [-0.2, -0.15) is 0 Å². The van der Waals surface area contributed by atoms with Gasteiger partial charge in [-0.3, -0.25) is 4.98 Å². The van der Waals surface area contributed by atoms with Gasteiger partial charge in [-0.05, 0) is 46.3 Å². The first-order valence-electron chi connectivity index (χ1n) is 4.73. The van der Waals surface area contributed by atoms with Crippen LogP contribution < -0.4 is 0 Å². The quantitative estimate of drug-likeness (QED) is 0.756. The van der Waals surface area contributed by atoms with Crippen molar-refractivity contribution in [2.75, 3.05) is 0 Å². The van der Waals surface area contributed by atoms with Gasteiger partial charge in [-0.25, -0.2) is 0 Å². The molecule has 2 aromatic rings. The molecule has 0 bridgehead atoms. The molecule has 82 valence electrons. The number of rotatable bonds is 3. The standard InChI is InChI=1S/C12H9BrClNS/c13-9-4-5-11(15-7-9)8-16-12-3-1-2-10(14)6-12/h1-7H,8H2. The van der Waals surface area contributed by atoms with E-state index in [1.807, 2.05) is 36.5 Å². The van der Waals surface area contributed by atoms with Gasteiger partial charge in [0.25, 0.3) is 0 Å². The number of pyridine rings is 1. The minimum atomic E-state index is 0.772. The van der Waals surface area contributed by atoms with E-state index in [4.69, 9.17) is 11.6 Å². The second-order valence-corrected chi connectivity index (χ2v) is 5.61. The normalized spacial score (nSPS) is 10.4. The van der Waals surface area contributed by atoms with Gasteiger partial charge in [-0.15, -0.1) is 11.8 Å². The van der Waals surface area contributed by atoms with E-state index in [1.165, 1.54) is 0 Å². The first-order chi connectivity index (χ1) is 7.74. The van der Waals surface area contributed by atoms with E-state index in [1.54, 1.807) is 11.8 Å². The Bertz CT molecular complexity index is 473. The molecule has 0 saturated carbocycles. The van der Waals surface area contributed by atoms with E-state index in [9.17, 15) is 0 Å². The van der Waals surface area contributed by atoms with Crippen LogP contribution in [0.2, 0.25) is 5.02 Å². The molecule has 1 nitrogen and oxygen atoms in total. The lowest BCUT2D eigenvalue weighted by Gasteiger charge is -2.01. The molecule has 0 N–H and O–H groups in total. The van der Waals surface area contributed by atoms with E-state index in [-0.39, 0.29) is 0 Å². The van der Waals surface area contributed by atoms with E-state index >= 15 is 0 Å². The van der Waals surface area contributed by atoms with Gasteiger partial charge in [0.1, 0.15) is 0 Å². The van der Waals surface area contributed by atoms with Crippen molar-refractivity contribution in [3.05, 3.63) is 57.8 Å². The Morgan fingerprint density at radius 2 is 2.12 bits per heavy atom. The average Bonchev–Trinajstić information content (AvgIpc) is 2.28. The Morgan fingerprint density at radius 3 is 2.81 bits per heavy atom. The minimum absolute atomic E-state index is 0.772. The second-order valence-electron chi connectivity index (χ2n) is 3.21. The summed E-state index contributed by atoms with van der Waals surface area (Å²) in [5, 5.41) is 0.772. The van der Waals surface area contributed by atoms with Crippen LogP contribution in [-0.2, 0) is 5.75 Å². The Labute approximate surface area is 112 Å². The van der Waals surface area contributed by atoms with E-state index in [0.717, 1.165) is 25.8 Å². The van der Waals surface area contributed by atoms with Crippen LogP contribution in [0.15, 0.2) is 52.0 Å². The van der Waals surface area contributed by atoms with Crippen LogP contribution in [0, 0.1) is 0 Å². The molecule has 0 aliphatic heterocycles. The summed E-state index contributed by atoms with van der Waals surface area (Å²) < 4.78 is 1.00. The van der Waals surface area contributed by atoms with Crippen molar-refractivity contribution in [3.63, 3.8) is 0 Å². The van der Waals surface area contributed by atoms with Crippen LogP contribution in [0.4, 0.5) is 0 Å². The fraction of sp³-hybridized carbons (Fsp3) is 0.0833. The van der Waals surface area contributed by atoms with Crippen LogP contribution >= 0.6 is 39.3 Å². The van der Waals surface area contributed by atoms with E-state index in [0.29, 0.717) is 0 Å². The Kier molecular flexibility index (Phi) is 4.27. The predicted octanol–water partition coefficient (Wildman–Crippen LogP) is 4.79. The van der Waals surface area contributed by atoms with Crippen molar-refractivity contribution in [2.45, 2.75) is 10.6 Å². The Morgan fingerprint density at radius 1 is 1.25 bits per heavy atom. The van der Waals surface area contributed by atoms with Gasteiger partial charge in [0.15, 0.2) is 0 Å². The maximum atomic E-state index is 5.91. The number of thioether (sulfide) groups is 1. The monoisotopic (exact) mass is 313 g/mol. The molecule has 1 aromatic carbocycles. The zero-order valence-corrected chi connectivity index (χ0v) is 11.5. The second kappa shape index (κ2) is 5.71. The smallest absolute Gasteiger partial charge is 0.0507 e. The van der Waals surface area contributed by atoms with Crippen LogP contribution in [0.1, 0.15) is 5.69 Å². The van der Waals surface area contributed by atoms with Gasteiger partial charge < -0.3 is 0 Å². The summed E-state index contributed by atoms with van der Waals surface area (Å²) in [4.78, 5) is 5.48. The fourth-order valence-corrected chi connectivity index (χ4v) is 2.57. The Balaban J connectivity index is 1.99. The summed E-state index contributed by atoms with van der Waals surface area (Å²) in [6, 6.07) is 11.9. The molecule has 0 aliphatic carbocycles.